The molecule has 0 rings (SSSR count). The molecule has 0 saturated heterocycles. The summed E-state index contributed by atoms with van der Waals surface area (Å²) in [6.07, 6.45) is 57.4. The molecular weight excluding hydrogens is 755 g/mol. The lowest BCUT2D eigenvalue weighted by Gasteiger charge is -2.27. The lowest BCUT2D eigenvalue weighted by molar-refractivity contribution is -0.132. The highest BCUT2D eigenvalue weighted by Crippen LogP contribution is 2.19. The average Bonchev–Trinajstić information content (AvgIpc) is 3.26. The fourth-order valence-corrected chi connectivity index (χ4v) is 9.17. The van der Waals surface area contributed by atoms with Gasteiger partial charge in [-0.3, -0.25) is 4.79 Å². The van der Waals surface area contributed by atoms with Crippen LogP contribution in [0.5, 0.6) is 0 Å². The van der Waals surface area contributed by atoms with E-state index in [1.807, 2.05) is 0 Å². The van der Waals surface area contributed by atoms with E-state index in [0.717, 1.165) is 38.5 Å². The Labute approximate surface area is 381 Å². The van der Waals surface area contributed by atoms with Gasteiger partial charge in [-0.1, -0.05) is 303 Å². The summed E-state index contributed by atoms with van der Waals surface area (Å²) in [6.45, 7) is 4.10. The van der Waals surface area contributed by atoms with Gasteiger partial charge in [0.2, 0.25) is 5.91 Å². The first-order chi connectivity index (χ1) is 30.0. The number of amides is 1. The molecule has 4 unspecified atom stereocenters. The Morgan fingerprint density at radius 2 is 0.557 bits per heavy atom. The molecule has 6 nitrogen and oxygen atoms in total. The molecule has 0 aliphatic carbocycles. The van der Waals surface area contributed by atoms with E-state index in [-0.39, 0.29) is 0 Å². The van der Waals surface area contributed by atoms with E-state index in [9.17, 15) is 25.2 Å². The van der Waals surface area contributed by atoms with Crippen molar-refractivity contribution in [3.05, 3.63) is 0 Å². The topological polar surface area (TPSA) is 110 Å². The van der Waals surface area contributed by atoms with Crippen molar-refractivity contribution in [1.82, 2.24) is 5.32 Å². The van der Waals surface area contributed by atoms with Crippen LogP contribution in [0.25, 0.3) is 0 Å². The van der Waals surface area contributed by atoms with Crippen molar-refractivity contribution in [3.8, 4) is 0 Å². The predicted molar refractivity (Wildman–Crippen MR) is 265 cm³/mol. The van der Waals surface area contributed by atoms with Gasteiger partial charge in [0, 0.05) is 0 Å². The Hall–Kier alpha value is -0.690. The van der Waals surface area contributed by atoms with Gasteiger partial charge in [-0.2, -0.15) is 0 Å². The molecule has 366 valence electrons. The quantitative estimate of drug-likeness (QED) is 0.0391. The maximum absolute atomic E-state index is 12.6. The summed E-state index contributed by atoms with van der Waals surface area (Å²) in [5.74, 6) is -0.576. The van der Waals surface area contributed by atoms with Gasteiger partial charge in [0.1, 0.15) is 12.2 Å². The standard InChI is InChI=1S/C55H111NO5/c1-3-5-7-9-11-13-15-17-19-21-23-24-25-26-27-28-29-30-31-33-34-36-38-40-42-44-46-48-52(58)54(60)51(50-57)56-55(61)53(59)49-47-45-43-41-39-37-35-32-22-20-18-16-14-12-10-8-6-4-2/h51-54,57-60H,3-50H2,1-2H3,(H,56,61). The van der Waals surface area contributed by atoms with Crippen molar-refractivity contribution in [1.29, 1.82) is 0 Å². The third kappa shape index (κ3) is 44.3. The van der Waals surface area contributed by atoms with Crippen LogP contribution in [0.3, 0.4) is 0 Å². The molecule has 0 radical (unpaired) electrons. The van der Waals surface area contributed by atoms with Gasteiger partial charge in [0.25, 0.3) is 0 Å². The van der Waals surface area contributed by atoms with Crippen LogP contribution in [0.1, 0.15) is 316 Å². The van der Waals surface area contributed by atoms with Crippen molar-refractivity contribution in [2.45, 2.75) is 340 Å². The first-order valence-corrected chi connectivity index (χ1v) is 27.9. The summed E-state index contributed by atoms with van der Waals surface area (Å²) in [4.78, 5) is 12.6. The molecule has 0 aromatic carbocycles. The summed E-state index contributed by atoms with van der Waals surface area (Å²) in [6, 6.07) is -0.980. The molecule has 0 aromatic rings. The third-order valence-electron chi connectivity index (χ3n) is 13.6. The minimum absolute atomic E-state index is 0.376. The zero-order chi connectivity index (χ0) is 44.5. The molecule has 61 heavy (non-hydrogen) atoms. The van der Waals surface area contributed by atoms with Crippen LogP contribution in [0.4, 0.5) is 0 Å². The Balaban J connectivity index is 3.57. The second-order valence-corrected chi connectivity index (χ2v) is 19.7. The first-order valence-electron chi connectivity index (χ1n) is 27.9. The van der Waals surface area contributed by atoms with Crippen LogP contribution >= 0.6 is 0 Å². The fourth-order valence-electron chi connectivity index (χ4n) is 9.17. The van der Waals surface area contributed by atoms with E-state index >= 15 is 0 Å². The molecule has 0 aliphatic rings. The number of hydrogen-bond donors (Lipinski definition) is 5. The summed E-state index contributed by atoms with van der Waals surface area (Å²) in [5.41, 5.74) is 0. The second-order valence-electron chi connectivity index (χ2n) is 19.7. The van der Waals surface area contributed by atoms with Crippen molar-refractivity contribution in [2.75, 3.05) is 6.61 Å². The molecule has 0 aliphatic heterocycles. The van der Waals surface area contributed by atoms with E-state index in [4.69, 9.17) is 0 Å². The molecule has 0 heterocycles. The zero-order valence-electron chi connectivity index (χ0n) is 41.4. The molecule has 0 aromatic heterocycles. The summed E-state index contributed by atoms with van der Waals surface area (Å²) < 4.78 is 0. The van der Waals surface area contributed by atoms with E-state index in [0.29, 0.717) is 12.8 Å². The van der Waals surface area contributed by atoms with Gasteiger partial charge in [-0.05, 0) is 12.8 Å². The van der Waals surface area contributed by atoms with E-state index in [1.165, 1.54) is 250 Å². The monoisotopic (exact) mass is 866 g/mol. The number of aliphatic hydroxyl groups is 4. The lowest BCUT2D eigenvalue weighted by atomic mass is 9.99. The van der Waals surface area contributed by atoms with Crippen LogP contribution in [-0.4, -0.2) is 57.3 Å². The third-order valence-corrected chi connectivity index (χ3v) is 13.6. The number of nitrogens with one attached hydrogen (secondary N) is 1. The van der Waals surface area contributed by atoms with Crippen LogP contribution in [0.15, 0.2) is 0 Å². The van der Waals surface area contributed by atoms with Crippen molar-refractivity contribution in [3.63, 3.8) is 0 Å². The minimum Gasteiger partial charge on any atom is -0.394 e. The second kappa shape index (κ2) is 50.3. The maximum atomic E-state index is 12.6. The zero-order valence-corrected chi connectivity index (χ0v) is 41.4. The molecule has 0 fully saturated rings. The number of unbranched alkanes of at least 4 members (excludes halogenated alkanes) is 43. The van der Waals surface area contributed by atoms with Gasteiger partial charge in [-0.25, -0.2) is 0 Å². The van der Waals surface area contributed by atoms with Gasteiger partial charge in [0.05, 0.1) is 18.8 Å². The largest absolute Gasteiger partial charge is 0.394 e. The highest BCUT2D eigenvalue weighted by Gasteiger charge is 2.28. The number of aliphatic hydroxyl groups excluding tert-OH is 4. The number of carbonyl (C=O) groups excluding carboxylic acids is 1. The molecule has 0 spiro atoms. The van der Waals surface area contributed by atoms with Crippen LogP contribution in [0, 0.1) is 0 Å². The van der Waals surface area contributed by atoms with Crippen molar-refractivity contribution >= 4 is 5.91 Å². The molecule has 4 atom stereocenters. The summed E-state index contributed by atoms with van der Waals surface area (Å²) >= 11 is 0. The van der Waals surface area contributed by atoms with Crippen LogP contribution in [-0.2, 0) is 4.79 Å². The fraction of sp³-hybridized carbons (Fsp3) is 0.982. The average molecular weight is 866 g/mol. The molecule has 1 amide bonds. The van der Waals surface area contributed by atoms with Gasteiger partial charge in [-0.15, -0.1) is 0 Å². The molecule has 0 bridgehead atoms. The van der Waals surface area contributed by atoms with Crippen LogP contribution in [0.2, 0.25) is 0 Å². The van der Waals surface area contributed by atoms with Crippen molar-refractivity contribution in [2.24, 2.45) is 0 Å². The number of hydrogen-bond acceptors (Lipinski definition) is 5. The lowest BCUT2D eigenvalue weighted by Crippen LogP contribution is -2.53. The van der Waals surface area contributed by atoms with E-state index in [2.05, 4.69) is 19.2 Å². The van der Waals surface area contributed by atoms with Gasteiger partial charge in [0.15, 0.2) is 0 Å². The molecular formula is C55H111NO5. The Morgan fingerprint density at radius 1 is 0.344 bits per heavy atom. The smallest absolute Gasteiger partial charge is 0.249 e. The Kier molecular flexibility index (Phi) is 49.7. The molecule has 0 saturated carbocycles. The number of rotatable bonds is 52. The maximum Gasteiger partial charge on any atom is 0.249 e. The first kappa shape index (κ1) is 60.3. The van der Waals surface area contributed by atoms with E-state index < -0.39 is 36.9 Å². The highest BCUT2D eigenvalue weighted by atomic mass is 16.3. The summed E-state index contributed by atoms with van der Waals surface area (Å²) in [5, 5.41) is 44.0. The SMILES string of the molecule is CCCCCCCCCCCCCCCCCCCCCCCCCCCCCC(O)C(O)C(CO)NC(=O)C(O)CCCCCCCCCCCCCCCCCCCC. The van der Waals surface area contributed by atoms with E-state index in [1.54, 1.807) is 0 Å². The minimum atomic E-state index is -1.25. The van der Waals surface area contributed by atoms with Crippen molar-refractivity contribution < 1.29 is 25.2 Å². The molecule has 5 N–H and O–H groups in total. The van der Waals surface area contributed by atoms with Gasteiger partial charge < -0.3 is 25.7 Å². The molecule has 6 heteroatoms. The summed E-state index contributed by atoms with van der Waals surface area (Å²) in [7, 11) is 0. The van der Waals surface area contributed by atoms with Crippen LogP contribution < -0.4 is 5.32 Å². The number of carbonyl (C=O) groups is 1. The predicted octanol–water partition coefficient (Wildman–Crippen LogP) is 15.9. The van der Waals surface area contributed by atoms with Gasteiger partial charge >= 0.3 is 0 Å². The Morgan fingerprint density at radius 3 is 0.787 bits per heavy atom. The highest BCUT2D eigenvalue weighted by molar-refractivity contribution is 5.80. The normalized spacial score (nSPS) is 13.7. The Bertz CT molecular complexity index is 841.